The monoisotopic (exact) mass is 1100 g/mol. The standard InChI is InChI=1S/2C19H26N.2C18H24N.C3H8/c2*1-13-8-9-16(14(2)10-13)18-11-15(3)17(12-20(18)7)19(4,5)6;1-13-9-7-8-10-15(13)17-11-14(2)16(12-19(17)6)18(3,4)5;1-13(2)10-16-7-9-18(19(5)12-16)17-8-6-14(3)11-15(17)4;1-3-2/h2*8-12H,1-7H3;7-12H,1-6H3;6-9,11-13H,10H2,1-5H3;3H2,1-2H3/q4*+1;/i1D3;;;3D3,7D,10D2;3D. The highest BCUT2D eigenvalue weighted by atomic mass is 14.9. The van der Waals surface area contributed by atoms with Gasteiger partial charge in [-0.15, -0.1) is 0 Å². The molecule has 0 atom stereocenters. The van der Waals surface area contributed by atoms with Crippen molar-refractivity contribution in [1.29, 1.82) is 0 Å². The molecule has 0 aliphatic carbocycles. The number of hydrogen-bond donors (Lipinski definition) is 0. The number of rotatable bonds is 6. The van der Waals surface area contributed by atoms with Gasteiger partial charge in [0, 0.05) is 81.1 Å². The lowest BCUT2D eigenvalue weighted by Gasteiger charge is -2.20. The van der Waals surface area contributed by atoms with E-state index in [1.54, 1.807) is 61.0 Å². The summed E-state index contributed by atoms with van der Waals surface area (Å²) in [6.07, 6.45) is 6.89. The van der Waals surface area contributed by atoms with E-state index in [-0.39, 0.29) is 40.2 Å². The predicted octanol–water partition coefficient (Wildman–Crippen LogP) is 18.3. The van der Waals surface area contributed by atoms with E-state index in [0.29, 0.717) is 11.1 Å². The first-order chi connectivity index (χ1) is 41.5. The minimum atomic E-state index is -2.15. The van der Waals surface area contributed by atoms with Crippen LogP contribution in [-0.2, 0) is 50.8 Å². The summed E-state index contributed by atoms with van der Waals surface area (Å²) in [5, 5.41) is 0. The van der Waals surface area contributed by atoms with E-state index in [2.05, 4.69) is 211 Å². The normalized spacial score (nSPS) is 13.7. The molecule has 0 radical (unpaired) electrons. The van der Waals surface area contributed by atoms with Crippen molar-refractivity contribution in [2.24, 2.45) is 34.1 Å². The minimum Gasteiger partial charge on any atom is -0.201 e. The Morgan fingerprint density at radius 1 is 0.407 bits per heavy atom. The van der Waals surface area contributed by atoms with Gasteiger partial charge in [0.2, 0.25) is 22.8 Å². The Hall–Kier alpha value is -6.52. The molecule has 0 unspecified atom stereocenters. The Morgan fingerprint density at radius 3 is 1.06 bits per heavy atom. The maximum atomic E-state index is 8.28. The van der Waals surface area contributed by atoms with Gasteiger partial charge in [-0.25, -0.2) is 18.3 Å². The topological polar surface area (TPSA) is 15.5 Å². The van der Waals surface area contributed by atoms with Crippen LogP contribution in [0.5, 0.6) is 0 Å². The third kappa shape index (κ3) is 18.5. The van der Waals surface area contributed by atoms with Crippen molar-refractivity contribution in [3.63, 3.8) is 0 Å². The van der Waals surface area contributed by atoms with E-state index >= 15 is 0 Å². The molecular formula is C77H108N4+4. The predicted molar refractivity (Wildman–Crippen MR) is 350 cm³/mol. The van der Waals surface area contributed by atoms with Gasteiger partial charge in [-0.1, -0.05) is 168 Å². The molecule has 4 heterocycles. The van der Waals surface area contributed by atoms with Gasteiger partial charge in [0.1, 0.15) is 28.2 Å². The van der Waals surface area contributed by atoms with Crippen molar-refractivity contribution in [1.82, 2.24) is 0 Å². The molecule has 0 bridgehead atoms. The van der Waals surface area contributed by atoms with Crippen LogP contribution in [0.15, 0.2) is 134 Å². The molecule has 432 valence electrons. The number of nitrogens with zero attached hydrogens (tertiary/aromatic N) is 4. The quantitative estimate of drug-likeness (QED) is 0.148. The third-order valence-corrected chi connectivity index (χ3v) is 14.5. The van der Waals surface area contributed by atoms with Crippen LogP contribution in [0, 0.1) is 75.0 Å². The summed E-state index contributed by atoms with van der Waals surface area (Å²) in [6, 6.07) is 34.2. The molecule has 4 aromatic heterocycles. The zero-order chi connectivity index (χ0) is 69.6. The fourth-order valence-electron chi connectivity index (χ4n) is 10.5. The van der Waals surface area contributed by atoms with Crippen LogP contribution >= 0.6 is 0 Å². The smallest absolute Gasteiger partial charge is 0.201 e. The number of hydrogen-bond acceptors (Lipinski definition) is 0. The summed E-state index contributed by atoms with van der Waals surface area (Å²) < 4.78 is 85.0. The second kappa shape index (κ2) is 28.5. The van der Waals surface area contributed by atoms with Crippen molar-refractivity contribution in [3.8, 4) is 45.0 Å². The molecule has 4 nitrogen and oxygen atoms in total. The van der Waals surface area contributed by atoms with E-state index in [0.717, 1.165) is 33.6 Å². The van der Waals surface area contributed by atoms with E-state index in [4.69, 9.17) is 13.7 Å². The number of benzene rings is 4. The molecule has 4 heteroatoms. The number of aromatic nitrogens is 4. The van der Waals surface area contributed by atoms with Crippen LogP contribution in [0.2, 0.25) is 0 Å². The van der Waals surface area contributed by atoms with Gasteiger partial charge >= 0.3 is 0 Å². The lowest BCUT2D eigenvalue weighted by Crippen LogP contribution is -2.34. The highest BCUT2D eigenvalue weighted by Gasteiger charge is 2.26. The average molecular weight is 1100 g/mol. The molecule has 0 saturated heterocycles. The van der Waals surface area contributed by atoms with Crippen LogP contribution in [-0.4, -0.2) is 0 Å². The SMILES string of the molecule is Cc1ccc(-c2cc(C)c(C(C)(C)C)c[n+]2C)c(C)c1.Cc1ccccc1-c1cc(C)c(C(C)(C)C)c[n+]1C.[2H]C(C)C.[2H]C([2H])([2H])c1ccc(-c2cc(C)c(C(C)(C)C)c[n+]2C)c(C)c1.[2H]c1cc(-c2ccc(C([2H])([2H])[2H])cc2C)[n+](C)cc1C([2H])([2H])C(C)C. The van der Waals surface area contributed by atoms with Gasteiger partial charge in [-0.05, 0) is 167 Å². The summed E-state index contributed by atoms with van der Waals surface area (Å²) in [5.74, 6) is -0.247. The van der Waals surface area contributed by atoms with Gasteiger partial charge < -0.3 is 0 Å². The van der Waals surface area contributed by atoms with Crippen LogP contribution in [0.25, 0.3) is 45.0 Å². The molecule has 0 N–H and O–H groups in total. The molecule has 81 heavy (non-hydrogen) atoms. The Bertz CT molecular complexity index is 3830. The Labute approximate surface area is 509 Å². The van der Waals surface area contributed by atoms with Gasteiger partial charge in [0.15, 0.2) is 24.8 Å². The molecule has 8 aromatic rings. The van der Waals surface area contributed by atoms with Crippen molar-refractivity contribution in [3.05, 3.63) is 212 Å². The van der Waals surface area contributed by atoms with E-state index in [9.17, 15) is 0 Å². The summed E-state index contributed by atoms with van der Waals surface area (Å²) in [4.78, 5) is 0. The molecule has 0 saturated carbocycles. The van der Waals surface area contributed by atoms with Crippen molar-refractivity contribution >= 4 is 0 Å². The van der Waals surface area contributed by atoms with Crippen molar-refractivity contribution in [2.75, 3.05) is 0 Å². The summed E-state index contributed by atoms with van der Waals surface area (Å²) in [6.45, 7) is 40.2. The van der Waals surface area contributed by atoms with Crippen LogP contribution in [0.1, 0.15) is 188 Å². The Morgan fingerprint density at radius 2 is 0.728 bits per heavy atom. The molecule has 0 amide bonds. The minimum absolute atomic E-state index is 0.0833. The number of pyridine rings is 4. The molecule has 0 fully saturated rings. The average Bonchev–Trinajstić information content (AvgIpc) is 0.859. The first-order valence-corrected chi connectivity index (χ1v) is 28.8. The lowest BCUT2D eigenvalue weighted by atomic mass is 9.84. The second-order valence-electron chi connectivity index (χ2n) is 25.7. The first-order valence-electron chi connectivity index (χ1n) is 33.9. The molecule has 4 aromatic carbocycles. The maximum Gasteiger partial charge on any atom is 0.212 e. The first kappa shape index (κ1) is 52.5. The summed E-state index contributed by atoms with van der Waals surface area (Å²) in [5.41, 5.74) is 24.4. The van der Waals surface area contributed by atoms with E-state index in [1.807, 2.05) is 47.9 Å². The zero-order valence-corrected chi connectivity index (χ0v) is 54.6. The Balaban J connectivity index is 0.000000255. The molecule has 0 aliphatic rings. The fourth-order valence-corrected chi connectivity index (χ4v) is 10.5. The van der Waals surface area contributed by atoms with E-state index < -0.39 is 20.1 Å². The maximum absolute atomic E-state index is 8.28. The van der Waals surface area contributed by atoms with Gasteiger partial charge in [-0.3, -0.25) is 0 Å². The van der Waals surface area contributed by atoms with Gasteiger partial charge in [-0.2, -0.15) is 0 Å². The van der Waals surface area contributed by atoms with Gasteiger partial charge in [0.25, 0.3) is 0 Å². The van der Waals surface area contributed by atoms with Crippen LogP contribution in [0.4, 0.5) is 0 Å². The third-order valence-electron chi connectivity index (χ3n) is 14.5. The van der Waals surface area contributed by atoms with Crippen molar-refractivity contribution in [2.45, 2.75) is 188 Å². The second-order valence-corrected chi connectivity index (χ2v) is 25.7. The van der Waals surface area contributed by atoms with Crippen LogP contribution < -0.4 is 18.3 Å². The van der Waals surface area contributed by atoms with Crippen LogP contribution in [0.3, 0.4) is 0 Å². The largest absolute Gasteiger partial charge is 0.212 e. The summed E-state index contributed by atoms with van der Waals surface area (Å²) in [7, 11) is 8.13. The van der Waals surface area contributed by atoms with Crippen molar-refractivity contribution < 1.29 is 32.0 Å². The highest BCUT2D eigenvalue weighted by molar-refractivity contribution is 5.65. The zero-order valence-electron chi connectivity index (χ0n) is 64.6. The molecule has 0 aliphatic heterocycles. The van der Waals surface area contributed by atoms with E-state index in [1.165, 1.54) is 72.6 Å². The fraction of sp³-hybridized carbons (Fsp3) is 0.429. The summed E-state index contributed by atoms with van der Waals surface area (Å²) >= 11 is 0. The Kier molecular flexibility index (Phi) is 18.5. The van der Waals surface area contributed by atoms with Gasteiger partial charge in [0.05, 0.1) is 1.37 Å². The number of aryl methyl sites for hydroxylation is 14. The lowest BCUT2D eigenvalue weighted by molar-refractivity contribution is -0.661. The highest BCUT2D eigenvalue weighted by Crippen LogP contribution is 2.32. The molecular weight excluding hydrogens is 981 g/mol. The molecule has 0 spiro atoms. The molecule has 8 rings (SSSR count).